The molecule has 2 fully saturated rings. The number of carboxylic acids is 1. The number of carboxylic acid groups (broad SMARTS) is 1. The predicted octanol–water partition coefficient (Wildman–Crippen LogP) is 4.60. The van der Waals surface area contributed by atoms with Crippen molar-refractivity contribution in [2.45, 2.75) is 89.7 Å². The Morgan fingerprint density at radius 1 is 1.26 bits per heavy atom. The van der Waals surface area contributed by atoms with Crippen LogP contribution in [0.15, 0.2) is 24.3 Å². The van der Waals surface area contributed by atoms with Gasteiger partial charge in [-0.3, -0.25) is 9.59 Å². The van der Waals surface area contributed by atoms with Gasteiger partial charge in [0.1, 0.15) is 0 Å². The molecule has 2 aliphatic carbocycles. The van der Waals surface area contributed by atoms with E-state index in [1.807, 2.05) is 39.0 Å². The van der Waals surface area contributed by atoms with Crippen LogP contribution in [0.3, 0.4) is 0 Å². The first-order chi connectivity index (χ1) is 14.5. The summed E-state index contributed by atoms with van der Waals surface area (Å²) >= 11 is 0. The number of aliphatic carboxylic acids is 1. The molecule has 2 saturated carbocycles. The number of carbonyl (C=O) groups is 2. The Labute approximate surface area is 185 Å². The second kappa shape index (κ2) is 9.15. The van der Waals surface area contributed by atoms with Crippen LogP contribution in [0, 0.1) is 18.8 Å². The molecule has 5 heteroatoms. The highest BCUT2D eigenvalue weighted by Gasteiger charge is 2.48. The Kier molecular flexibility index (Phi) is 6.95. The molecule has 31 heavy (non-hydrogen) atoms. The van der Waals surface area contributed by atoms with Crippen LogP contribution in [0.25, 0.3) is 6.08 Å². The van der Waals surface area contributed by atoms with Crippen LogP contribution in [0.2, 0.25) is 0 Å². The largest absolute Gasteiger partial charge is 0.481 e. The zero-order valence-electron chi connectivity index (χ0n) is 19.3. The quantitative estimate of drug-likeness (QED) is 0.594. The van der Waals surface area contributed by atoms with Gasteiger partial charge in [-0.05, 0) is 69.4 Å². The highest BCUT2D eigenvalue weighted by Crippen LogP contribution is 2.46. The third kappa shape index (κ3) is 5.38. The lowest BCUT2D eigenvalue weighted by molar-refractivity contribution is -0.136. The number of aliphatic hydroxyl groups is 1. The van der Waals surface area contributed by atoms with E-state index in [1.165, 1.54) is 0 Å². The molecule has 5 nitrogen and oxygen atoms in total. The maximum atomic E-state index is 13.5. The van der Waals surface area contributed by atoms with Gasteiger partial charge in [-0.15, -0.1) is 0 Å². The van der Waals surface area contributed by atoms with Gasteiger partial charge in [-0.1, -0.05) is 55.7 Å². The Balaban J connectivity index is 1.80. The van der Waals surface area contributed by atoms with Crippen molar-refractivity contribution >= 4 is 18.0 Å². The minimum absolute atomic E-state index is 0.0121. The van der Waals surface area contributed by atoms with Gasteiger partial charge in [0.05, 0.1) is 17.4 Å². The molecule has 1 aromatic carbocycles. The smallest absolute Gasteiger partial charge is 0.307 e. The molecule has 0 aliphatic heterocycles. The van der Waals surface area contributed by atoms with E-state index in [0.29, 0.717) is 11.8 Å². The molecule has 4 atom stereocenters. The van der Waals surface area contributed by atoms with Crippen LogP contribution < -0.4 is 5.32 Å². The standard InChI is InChI=1S/C26H37NO4/c1-5-19-15-26(31)11-7-9-20(16-26)23(19)27-24(30)25(3,4)21-13-17(2)12-18(14-21)8-6-10-22(28)29/h6,8,12-14,19-20,23,31H,5,7,9-11,15-16H2,1-4H3,(H,27,30)(H,28,29)/b8-6+/t19-,20+,23+,26+/m1/s1. The normalized spacial score (nSPS) is 28.5. The monoisotopic (exact) mass is 427 g/mol. The summed E-state index contributed by atoms with van der Waals surface area (Å²) in [5, 5.41) is 23.1. The molecule has 3 rings (SSSR count). The topological polar surface area (TPSA) is 86.6 Å². The first-order valence-electron chi connectivity index (χ1n) is 11.6. The van der Waals surface area contributed by atoms with Gasteiger partial charge in [0.25, 0.3) is 0 Å². The lowest BCUT2D eigenvalue weighted by Crippen LogP contribution is -2.58. The summed E-state index contributed by atoms with van der Waals surface area (Å²) in [4.78, 5) is 24.3. The summed E-state index contributed by atoms with van der Waals surface area (Å²) in [7, 11) is 0. The lowest BCUT2D eigenvalue weighted by atomic mass is 9.62. The van der Waals surface area contributed by atoms with Crippen LogP contribution in [0.4, 0.5) is 0 Å². The van der Waals surface area contributed by atoms with Crippen molar-refractivity contribution in [1.82, 2.24) is 5.32 Å². The minimum atomic E-state index is -0.864. The average molecular weight is 428 g/mol. The van der Waals surface area contributed by atoms with Crippen molar-refractivity contribution in [3.05, 3.63) is 41.0 Å². The van der Waals surface area contributed by atoms with E-state index >= 15 is 0 Å². The lowest BCUT2D eigenvalue weighted by Gasteiger charge is -2.50. The molecule has 0 radical (unpaired) electrons. The zero-order valence-corrected chi connectivity index (χ0v) is 19.3. The number of amides is 1. The van der Waals surface area contributed by atoms with E-state index < -0.39 is 17.0 Å². The van der Waals surface area contributed by atoms with Gasteiger partial charge in [0, 0.05) is 6.04 Å². The summed E-state index contributed by atoms with van der Waals surface area (Å²) in [6.07, 6.45) is 8.89. The van der Waals surface area contributed by atoms with Gasteiger partial charge in [-0.25, -0.2) is 0 Å². The Morgan fingerprint density at radius 2 is 2.00 bits per heavy atom. The maximum absolute atomic E-state index is 13.5. The number of fused-ring (bicyclic) bond motifs is 2. The van der Waals surface area contributed by atoms with Crippen LogP contribution in [-0.2, 0) is 15.0 Å². The molecule has 0 unspecified atom stereocenters. The fourth-order valence-electron chi connectivity index (χ4n) is 5.54. The number of carbonyl (C=O) groups excluding carboxylic acids is 1. The first kappa shape index (κ1) is 23.5. The van der Waals surface area contributed by atoms with E-state index in [1.54, 1.807) is 12.2 Å². The molecule has 0 saturated heterocycles. The Bertz CT molecular complexity index is 857. The molecule has 0 heterocycles. The van der Waals surface area contributed by atoms with Gasteiger partial charge in [0.2, 0.25) is 5.91 Å². The van der Waals surface area contributed by atoms with Crippen molar-refractivity contribution in [2.75, 3.05) is 0 Å². The number of hydrogen-bond donors (Lipinski definition) is 3. The van der Waals surface area contributed by atoms with E-state index in [0.717, 1.165) is 55.2 Å². The van der Waals surface area contributed by atoms with Gasteiger partial charge in [-0.2, -0.15) is 0 Å². The predicted molar refractivity (Wildman–Crippen MR) is 123 cm³/mol. The molecular weight excluding hydrogens is 390 g/mol. The highest BCUT2D eigenvalue weighted by atomic mass is 16.4. The van der Waals surface area contributed by atoms with Crippen LogP contribution in [0.5, 0.6) is 0 Å². The zero-order chi connectivity index (χ0) is 22.8. The number of rotatable bonds is 7. The number of aryl methyl sites for hydroxylation is 1. The molecule has 3 N–H and O–H groups in total. The van der Waals surface area contributed by atoms with Crippen molar-refractivity contribution in [3.63, 3.8) is 0 Å². The van der Waals surface area contributed by atoms with E-state index in [9.17, 15) is 14.7 Å². The van der Waals surface area contributed by atoms with Gasteiger partial charge >= 0.3 is 5.97 Å². The van der Waals surface area contributed by atoms with E-state index in [-0.39, 0.29) is 18.4 Å². The van der Waals surface area contributed by atoms with Crippen LogP contribution in [0.1, 0.15) is 82.4 Å². The molecule has 0 aromatic heterocycles. The number of hydrogen-bond acceptors (Lipinski definition) is 3. The summed E-state index contributed by atoms with van der Waals surface area (Å²) in [5.41, 5.74) is 1.59. The molecule has 170 valence electrons. The molecule has 0 spiro atoms. The highest BCUT2D eigenvalue weighted by molar-refractivity contribution is 5.88. The molecular formula is C26H37NO4. The molecule has 2 aliphatic rings. The fraction of sp³-hybridized carbons (Fsp3) is 0.615. The SMILES string of the molecule is CC[C@@H]1C[C@@]2(O)CCC[C@@H](C2)[C@H]1NC(=O)C(C)(C)c1cc(C)cc(/C=C/CC(=O)O)c1. The fourth-order valence-corrected chi connectivity index (χ4v) is 5.54. The van der Waals surface area contributed by atoms with E-state index in [4.69, 9.17) is 5.11 Å². The maximum Gasteiger partial charge on any atom is 0.307 e. The van der Waals surface area contributed by atoms with E-state index in [2.05, 4.69) is 12.2 Å². The summed E-state index contributed by atoms with van der Waals surface area (Å²) < 4.78 is 0. The Hall–Kier alpha value is -2.14. The molecule has 1 aromatic rings. The molecule has 1 amide bonds. The van der Waals surface area contributed by atoms with Crippen molar-refractivity contribution in [1.29, 1.82) is 0 Å². The summed E-state index contributed by atoms with van der Waals surface area (Å²) in [5.74, 6) is -0.213. The second-order valence-electron chi connectivity index (χ2n) is 10.2. The van der Waals surface area contributed by atoms with Crippen LogP contribution in [-0.4, -0.2) is 33.7 Å². The first-order valence-corrected chi connectivity index (χ1v) is 11.6. The Morgan fingerprint density at radius 3 is 2.68 bits per heavy atom. The molecule has 2 bridgehead atoms. The third-order valence-electron chi connectivity index (χ3n) is 7.33. The number of nitrogens with one attached hydrogen (secondary N) is 1. The minimum Gasteiger partial charge on any atom is -0.481 e. The summed E-state index contributed by atoms with van der Waals surface area (Å²) in [6.45, 7) is 8.03. The van der Waals surface area contributed by atoms with Gasteiger partial charge < -0.3 is 15.5 Å². The van der Waals surface area contributed by atoms with Gasteiger partial charge in [0.15, 0.2) is 0 Å². The third-order valence-corrected chi connectivity index (χ3v) is 7.33. The number of benzene rings is 1. The average Bonchev–Trinajstić information content (AvgIpc) is 2.69. The van der Waals surface area contributed by atoms with Crippen LogP contribution >= 0.6 is 0 Å². The van der Waals surface area contributed by atoms with Crippen molar-refractivity contribution in [3.8, 4) is 0 Å². The van der Waals surface area contributed by atoms with Crippen molar-refractivity contribution in [2.24, 2.45) is 11.8 Å². The second-order valence-corrected chi connectivity index (χ2v) is 10.2. The van der Waals surface area contributed by atoms with Crippen molar-refractivity contribution < 1.29 is 19.8 Å². The summed E-state index contributed by atoms with van der Waals surface area (Å²) in [6, 6.07) is 6.11.